The topological polar surface area (TPSA) is 210 Å². The van der Waals surface area contributed by atoms with Gasteiger partial charge in [-0.3, -0.25) is 14.4 Å². The predicted octanol–water partition coefficient (Wildman–Crippen LogP) is 6.21. The van der Waals surface area contributed by atoms with Gasteiger partial charge in [-0.1, -0.05) is 90.1 Å². The van der Waals surface area contributed by atoms with Crippen LogP contribution in [0.2, 0.25) is 0 Å². The number of nitrogens with one attached hydrogen (secondary N) is 1. The van der Waals surface area contributed by atoms with E-state index < -0.39 is 139 Å². The van der Waals surface area contributed by atoms with Crippen LogP contribution in [0.15, 0.2) is 60.7 Å². The minimum Gasteiger partial charge on any atom is -0.460 e. The van der Waals surface area contributed by atoms with E-state index in [9.17, 15) is 24.6 Å². The number of hydrogen-bond donors (Lipinski definition) is 3. The molecule has 1 aliphatic heterocycles. The minimum atomic E-state index is -2.34. The summed E-state index contributed by atoms with van der Waals surface area (Å²) in [7, 11) is -2.16. The predicted molar refractivity (Wildman–Crippen MR) is 241 cm³/mol. The van der Waals surface area contributed by atoms with Gasteiger partial charge in [0.05, 0.1) is 35.6 Å². The molecule has 16 heteroatoms. The number of ketones is 2. The zero-order valence-electron chi connectivity index (χ0n) is 39.8. The fourth-order valence-electron chi connectivity index (χ4n) is 10.4. The molecule has 2 aromatic rings. The number of esters is 3. The molecule has 3 unspecified atom stereocenters. The molecule has 3 saturated carbocycles. The maximum atomic E-state index is 15.2. The second-order valence-electron chi connectivity index (χ2n) is 21.3. The molecule has 0 spiro atoms. The number of carbonyl (C=O) groups is 6. The van der Waals surface area contributed by atoms with Crippen molar-refractivity contribution in [3.63, 3.8) is 0 Å². The van der Waals surface area contributed by atoms with E-state index >= 15 is 14.4 Å². The second-order valence-corrected chi connectivity index (χ2v) is 25.2. The summed E-state index contributed by atoms with van der Waals surface area (Å²) in [5.74, 6) is -8.47. The van der Waals surface area contributed by atoms with Gasteiger partial charge in [-0.25, -0.2) is 14.4 Å². The van der Waals surface area contributed by atoms with Crippen LogP contribution >= 0.6 is 10.3 Å². The van der Waals surface area contributed by atoms with Crippen molar-refractivity contribution < 1.29 is 66.8 Å². The molecule has 4 aliphatic rings. The molecule has 15 nitrogen and oxygen atoms in total. The normalized spacial score (nSPS) is 33.2. The summed E-state index contributed by atoms with van der Waals surface area (Å²) in [6.07, 6.45) is -4.95. The average Bonchev–Trinajstić information content (AvgIpc) is 3.20. The third kappa shape index (κ3) is 8.85. The molecule has 1 heterocycles. The van der Waals surface area contributed by atoms with E-state index in [0.29, 0.717) is 5.56 Å². The lowest BCUT2D eigenvalue weighted by Gasteiger charge is -2.67. The van der Waals surface area contributed by atoms with Crippen molar-refractivity contribution in [1.82, 2.24) is 5.32 Å². The number of hydrogen-bond acceptors (Lipinski definition) is 14. The molecule has 3 N–H and O–H groups in total. The molecule has 6 rings (SSSR count). The van der Waals surface area contributed by atoms with Crippen molar-refractivity contribution in [2.75, 3.05) is 19.1 Å². The number of carbonyl (C=O) groups excluding carboxylic acids is 6. The second kappa shape index (κ2) is 17.4. The van der Waals surface area contributed by atoms with E-state index in [4.69, 9.17) is 27.9 Å². The van der Waals surface area contributed by atoms with Crippen LogP contribution < -0.4 is 5.32 Å². The Morgan fingerprint density at radius 1 is 0.908 bits per heavy atom. The summed E-state index contributed by atoms with van der Waals surface area (Å²) < 4.78 is 36.9. The molecule has 358 valence electrons. The lowest BCUT2D eigenvalue weighted by molar-refractivity contribution is -0.350. The maximum Gasteiger partial charge on any atom is 0.408 e. The zero-order valence-corrected chi connectivity index (χ0v) is 40.6. The zero-order chi connectivity index (χ0) is 48.5. The van der Waals surface area contributed by atoms with Crippen molar-refractivity contribution in [2.24, 2.45) is 28.6 Å². The van der Waals surface area contributed by atoms with Gasteiger partial charge in [0.15, 0.2) is 11.7 Å². The molecular weight excluding hydrogens is 859 g/mol. The van der Waals surface area contributed by atoms with E-state index in [1.165, 1.54) is 26.0 Å². The van der Waals surface area contributed by atoms with Gasteiger partial charge in [0.1, 0.15) is 29.5 Å². The third-order valence-electron chi connectivity index (χ3n) is 14.7. The van der Waals surface area contributed by atoms with Gasteiger partial charge in [-0.15, -0.1) is 10.3 Å². The van der Waals surface area contributed by atoms with Crippen molar-refractivity contribution in [1.29, 1.82) is 0 Å². The lowest BCUT2D eigenvalue weighted by atomic mass is 9.42. The Labute approximate surface area is 383 Å². The van der Waals surface area contributed by atoms with Crippen LogP contribution in [0.5, 0.6) is 0 Å². The molecule has 65 heavy (non-hydrogen) atoms. The van der Waals surface area contributed by atoms with Crippen molar-refractivity contribution in [2.45, 2.75) is 147 Å². The summed E-state index contributed by atoms with van der Waals surface area (Å²) in [5, 5.41) is 28.6. The Kier molecular flexibility index (Phi) is 13.4. The first-order valence-electron chi connectivity index (χ1n) is 22.2. The number of aliphatic hydroxyl groups excluding tert-OH is 1. The number of ether oxygens (including phenoxy) is 5. The molecule has 0 aromatic heterocycles. The number of alkyl carbamates (subject to hydrolysis) is 1. The highest BCUT2D eigenvalue weighted by Gasteiger charge is 2.79. The first kappa shape index (κ1) is 50.1. The summed E-state index contributed by atoms with van der Waals surface area (Å²) in [6, 6.07) is 15.5. The first-order chi connectivity index (χ1) is 29.9. The number of Topliss-reactive ketones (excluding diaryl/α,β-unsaturated/α-hetero) is 2. The molecule has 1 amide bonds. The van der Waals surface area contributed by atoms with Gasteiger partial charge < -0.3 is 43.4 Å². The summed E-state index contributed by atoms with van der Waals surface area (Å²) >= 11 is 0. The quantitative estimate of drug-likeness (QED) is 0.138. The SMILES string of the molecule is CC(=O)O[C@@]12CO[C@@H]1C[C@H](O)[C@@]1(C)C(=O)C(=O)C3C(C)[C@@H](OC(=O)[C@H](OS(C)(C)C(C)(C)C)[C@@H](NC(=O)OC(C)(C)C)c4ccccc4)C[C@@](O)([C@@H](OC(=O)c4ccccc4)C12)C3(C)C. The molecule has 3 aliphatic carbocycles. The van der Waals surface area contributed by atoms with Crippen LogP contribution in [0.25, 0.3) is 0 Å². The monoisotopic (exact) mass is 925 g/mol. The van der Waals surface area contributed by atoms with E-state index in [-0.39, 0.29) is 18.6 Å². The van der Waals surface area contributed by atoms with Gasteiger partial charge in [-0.2, -0.15) is 0 Å². The Balaban J connectivity index is 1.53. The number of amides is 1. The molecule has 12 atom stereocenters. The van der Waals surface area contributed by atoms with Gasteiger partial charge in [0.2, 0.25) is 11.6 Å². The minimum absolute atomic E-state index is 0.0940. The van der Waals surface area contributed by atoms with Crippen LogP contribution in [0.4, 0.5) is 4.79 Å². The molecule has 2 bridgehead atoms. The van der Waals surface area contributed by atoms with Crippen LogP contribution in [0, 0.1) is 28.6 Å². The fourth-order valence-corrected chi connectivity index (χ4v) is 11.4. The molecular formula is C49H67NO14S. The Hall–Kier alpha value is -4.35. The largest absolute Gasteiger partial charge is 0.460 e. The van der Waals surface area contributed by atoms with Crippen LogP contribution in [-0.2, 0) is 47.0 Å². The van der Waals surface area contributed by atoms with Crippen molar-refractivity contribution in [3.05, 3.63) is 71.8 Å². The molecule has 2 aromatic carbocycles. The van der Waals surface area contributed by atoms with E-state index in [1.807, 2.05) is 33.3 Å². The highest BCUT2D eigenvalue weighted by Crippen LogP contribution is 2.65. The Bertz CT molecular complexity index is 2170. The van der Waals surface area contributed by atoms with Crippen LogP contribution in [-0.4, -0.2) is 117 Å². The molecule has 1 saturated heterocycles. The summed E-state index contributed by atoms with van der Waals surface area (Å²) in [5.41, 5.74) is -8.09. The third-order valence-corrected chi connectivity index (χ3v) is 18.3. The summed E-state index contributed by atoms with van der Waals surface area (Å²) in [6.45, 7) is 18.1. The van der Waals surface area contributed by atoms with E-state index in [0.717, 1.165) is 0 Å². The smallest absolute Gasteiger partial charge is 0.408 e. The van der Waals surface area contributed by atoms with Gasteiger partial charge in [0.25, 0.3) is 0 Å². The lowest BCUT2D eigenvalue weighted by Crippen LogP contribution is -2.82. The molecule has 0 radical (unpaired) electrons. The Morgan fingerprint density at radius 3 is 2.02 bits per heavy atom. The maximum absolute atomic E-state index is 15.2. The average molecular weight is 926 g/mol. The highest BCUT2D eigenvalue weighted by molar-refractivity contribution is 8.29. The van der Waals surface area contributed by atoms with E-state index in [1.54, 1.807) is 90.1 Å². The number of fused-ring (bicyclic) bond motifs is 5. The number of aliphatic hydroxyl groups is 2. The standard InChI is InChI=1S/C49H67NO14S/c1-27-31(60-42(56)37(64-65(12,13)45(6,7)8)35(29-20-16-14-17-21-29)50-43(57)63-44(3,4)5)25-49(58)40(61-41(55)30-22-18-15-19-23-30)38-47(11,39(54)36(53)34(27)46(49,9)10)32(52)24-33-48(38,26-59-33)62-28(2)51/h14-23,27,31-35,37-38,40,52,58H,24-26H2,1-13H3,(H,50,57)/t27?,31-,32-,33+,34?,35-,37+,38?,40-,47+,48-,49+/m0/s1. The summed E-state index contributed by atoms with van der Waals surface area (Å²) in [4.78, 5) is 86.4. The first-order valence-corrected chi connectivity index (χ1v) is 24.5. The van der Waals surface area contributed by atoms with Gasteiger partial charge >= 0.3 is 24.0 Å². The number of rotatable bonds is 10. The van der Waals surface area contributed by atoms with Crippen molar-refractivity contribution >= 4 is 45.9 Å². The van der Waals surface area contributed by atoms with Crippen LogP contribution in [0.1, 0.15) is 111 Å². The van der Waals surface area contributed by atoms with Crippen molar-refractivity contribution in [3.8, 4) is 0 Å². The van der Waals surface area contributed by atoms with Gasteiger partial charge in [0, 0.05) is 41.8 Å². The van der Waals surface area contributed by atoms with Crippen LogP contribution in [0.3, 0.4) is 0 Å². The Morgan fingerprint density at radius 2 is 1.49 bits per heavy atom. The fraction of sp³-hybridized carbons (Fsp3) is 0.633. The van der Waals surface area contributed by atoms with E-state index in [2.05, 4.69) is 5.32 Å². The molecule has 4 fully saturated rings. The number of benzene rings is 2. The van der Waals surface area contributed by atoms with Gasteiger partial charge in [-0.05, 0) is 57.9 Å². The highest BCUT2D eigenvalue weighted by atomic mass is 32.3.